The van der Waals surface area contributed by atoms with Crippen LogP contribution in [0.5, 0.6) is 0 Å². The molecule has 1 rings (SSSR count). The number of benzene rings is 1. The lowest BCUT2D eigenvalue weighted by molar-refractivity contribution is 0.0287. The average Bonchev–Trinajstić information content (AvgIpc) is 2.51. The number of aliphatic hydroxyl groups is 1. The van der Waals surface area contributed by atoms with Crippen LogP contribution in [0.25, 0.3) is 0 Å². The molecule has 1 unspecified atom stereocenters. The number of nitrogens with zero attached hydrogens (tertiary/aromatic N) is 1. The molecular weight excluding hydrogens is 264 g/mol. The minimum absolute atomic E-state index is 0.369. The highest BCUT2D eigenvalue weighted by atomic mass is 16.5. The van der Waals surface area contributed by atoms with Crippen LogP contribution in [0, 0.1) is 0 Å². The number of ether oxygens (including phenoxy) is 1. The largest absolute Gasteiger partial charge is 0.389 e. The highest BCUT2D eigenvalue weighted by molar-refractivity contribution is 5.13. The second-order valence-corrected chi connectivity index (χ2v) is 5.29. The molecular formula is C17H30N2O2. The minimum Gasteiger partial charge on any atom is -0.389 e. The second kappa shape index (κ2) is 11.7. The lowest BCUT2D eigenvalue weighted by atomic mass is 10.2. The van der Waals surface area contributed by atoms with Gasteiger partial charge in [0.2, 0.25) is 0 Å². The van der Waals surface area contributed by atoms with Gasteiger partial charge in [-0.3, -0.25) is 0 Å². The van der Waals surface area contributed by atoms with Gasteiger partial charge in [-0.15, -0.1) is 0 Å². The molecule has 1 aromatic rings. The van der Waals surface area contributed by atoms with Crippen molar-refractivity contribution in [2.45, 2.75) is 33.0 Å². The van der Waals surface area contributed by atoms with Crippen LogP contribution in [0.4, 0.5) is 0 Å². The molecule has 0 saturated heterocycles. The summed E-state index contributed by atoms with van der Waals surface area (Å²) < 4.78 is 5.52. The van der Waals surface area contributed by atoms with Crippen LogP contribution in [0.3, 0.4) is 0 Å². The number of hydrogen-bond donors (Lipinski definition) is 2. The molecule has 0 aliphatic heterocycles. The van der Waals surface area contributed by atoms with Crippen LogP contribution in [0.15, 0.2) is 30.3 Å². The van der Waals surface area contributed by atoms with Crippen molar-refractivity contribution in [2.75, 3.05) is 39.3 Å². The predicted octanol–water partition coefficient (Wildman–Crippen LogP) is 1.89. The van der Waals surface area contributed by atoms with Crippen molar-refractivity contribution in [1.82, 2.24) is 10.2 Å². The lowest BCUT2D eigenvalue weighted by Gasteiger charge is -2.20. The van der Waals surface area contributed by atoms with E-state index in [4.69, 9.17) is 4.74 Å². The van der Waals surface area contributed by atoms with Crippen LogP contribution in [-0.2, 0) is 11.3 Å². The molecule has 0 radical (unpaired) electrons. The van der Waals surface area contributed by atoms with E-state index in [9.17, 15) is 5.11 Å². The minimum atomic E-state index is -0.449. The first-order valence-corrected chi connectivity index (χ1v) is 7.99. The fraction of sp³-hybridized carbons (Fsp3) is 0.647. The molecule has 0 spiro atoms. The number of hydrogen-bond acceptors (Lipinski definition) is 4. The van der Waals surface area contributed by atoms with E-state index in [1.165, 1.54) is 6.42 Å². The predicted molar refractivity (Wildman–Crippen MR) is 87.4 cm³/mol. The molecule has 0 fully saturated rings. The Morgan fingerprint density at radius 3 is 2.62 bits per heavy atom. The van der Waals surface area contributed by atoms with Crippen molar-refractivity contribution in [3.8, 4) is 0 Å². The molecule has 0 bridgehead atoms. The Bertz CT molecular complexity index is 346. The zero-order valence-corrected chi connectivity index (χ0v) is 13.4. The van der Waals surface area contributed by atoms with Crippen molar-refractivity contribution < 1.29 is 9.84 Å². The molecule has 1 aromatic carbocycles. The molecule has 0 saturated carbocycles. The van der Waals surface area contributed by atoms with E-state index in [0.717, 1.165) is 31.7 Å². The van der Waals surface area contributed by atoms with E-state index in [0.29, 0.717) is 19.8 Å². The molecule has 0 heterocycles. The van der Waals surface area contributed by atoms with Crippen molar-refractivity contribution >= 4 is 0 Å². The zero-order chi connectivity index (χ0) is 15.3. The molecule has 4 nitrogen and oxygen atoms in total. The van der Waals surface area contributed by atoms with Crippen LogP contribution in [-0.4, -0.2) is 55.4 Å². The van der Waals surface area contributed by atoms with Gasteiger partial charge in [-0.2, -0.15) is 0 Å². The van der Waals surface area contributed by atoms with Crippen molar-refractivity contribution in [3.05, 3.63) is 35.9 Å². The first kappa shape index (κ1) is 18.1. The summed E-state index contributed by atoms with van der Waals surface area (Å²) in [5.74, 6) is 0. The van der Waals surface area contributed by atoms with Gasteiger partial charge in [0.15, 0.2) is 0 Å². The number of likely N-dealkylation sites (N-methyl/N-ethyl adjacent to an activating group) is 1. The summed E-state index contributed by atoms with van der Waals surface area (Å²) in [7, 11) is 0. The second-order valence-electron chi connectivity index (χ2n) is 5.29. The van der Waals surface area contributed by atoms with Crippen molar-refractivity contribution in [3.63, 3.8) is 0 Å². The van der Waals surface area contributed by atoms with Gasteiger partial charge in [0.1, 0.15) is 0 Å². The average molecular weight is 294 g/mol. The summed E-state index contributed by atoms with van der Waals surface area (Å²) in [6.45, 7) is 10.0. The van der Waals surface area contributed by atoms with E-state index in [-0.39, 0.29) is 0 Å². The summed E-state index contributed by atoms with van der Waals surface area (Å²) >= 11 is 0. The Labute approximate surface area is 129 Å². The summed E-state index contributed by atoms with van der Waals surface area (Å²) in [5.41, 5.74) is 1.14. The number of aliphatic hydroxyl groups excluding tert-OH is 1. The third-order valence-corrected chi connectivity index (χ3v) is 3.39. The van der Waals surface area contributed by atoms with E-state index in [2.05, 4.69) is 24.1 Å². The molecule has 0 amide bonds. The van der Waals surface area contributed by atoms with Gasteiger partial charge < -0.3 is 20.1 Å². The van der Waals surface area contributed by atoms with Gasteiger partial charge in [-0.25, -0.2) is 0 Å². The zero-order valence-electron chi connectivity index (χ0n) is 13.4. The first-order valence-electron chi connectivity index (χ1n) is 7.99. The Morgan fingerprint density at radius 2 is 1.95 bits per heavy atom. The Kier molecular flexibility index (Phi) is 10.1. The molecule has 4 heteroatoms. The van der Waals surface area contributed by atoms with E-state index < -0.39 is 6.10 Å². The van der Waals surface area contributed by atoms with Crippen LogP contribution < -0.4 is 5.32 Å². The van der Waals surface area contributed by atoms with E-state index in [1.807, 2.05) is 30.3 Å². The highest BCUT2D eigenvalue weighted by Crippen LogP contribution is 2.00. The van der Waals surface area contributed by atoms with Crippen molar-refractivity contribution in [1.29, 1.82) is 0 Å². The SMILES string of the molecule is CCCN(CC)CCNCC(O)COCc1ccccc1. The quantitative estimate of drug-likeness (QED) is 0.578. The summed E-state index contributed by atoms with van der Waals surface area (Å²) in [6.07, 6.45) is 0.735. The maximum Gasteiger partial charge on any atom is 0.0897 e. The van der Waals surface area contributed by atoms with Gasteiger partial charge in [0, 0.05) is 19.6 Å². The first-order chi connectivity index (χ1) is 10.3. The normalized spacial score (nSPS) is 12.8. The maximum absolute atomic E-state index is 9.85. The fourth-order valence-electron chi connectivity index (χ4n) is 2.20. The van der Waals surface area contributed by atoms with Gasteiger partial charge >= 0.3 is 0 Å². The monoisotopic (exact) mass is 294 g/mol. The molecule has 1 atom stereocenters. The molecule has 2 N–H and O–H groups in total. The van der Waals surface area contributed by atoms with Crippen LogP contribution in [0.2, 0.25) is 0 Å². The fourth-order valence-corrected chi connectivity index (χ4v) is 2.20. The number of nitrogens with one attached hydrogen (secondary N) is 1. The summed E-state index contributed by atoms with van der Waals surface area (Å²) in [5, 5.41) is 13.1. The third-order valence-electron chi connectivity index (χ3n) is 3.39. The maximum atomic E-state index is 9.85. The molecule has 21 heavy (non-hydrogen) atoms. The Balaban J connectivity index is 2.02. The van der Waals surface area contributed by atoms with E-state index in [1.54, 1.807) is 0 Å². The Hall–Kier alpha value is -0.940. The Morgan fingerprint density at radius 1 is 1.19 bits per heavy atom. The van der Waals surface area contributed by atoms with E-state index >= 15 is 0 Å². The lowest BCUT2D eigenvalue weighted by Crippen LogP contribution is -2.37. The highest BCUT2D eigenvalue weighted by Gasteiger charge is 2.05. The smallest absolute Gasteiger partial charge is 0.0897 e. The number of rotatable bonds is 12. The molecule has 0 aliphatic rings. The molecule has 0 aliphatic carbocycles. The third kappa shape index (κ3) is 8.83. The van der Waals surface area contributed by atoms with Crippen LogP contribution >= 0.6 is 0 Å². The summed E-state index contributed by atoms with van der Waals surface area (Å²) in [4.78, 5) is 2.41. The summed E-state index contributed by atoms with van der Waals surface area (Å²) in [6, 6.07) is 10.0. The molecule has 120 valence electrons. The molecule has 0 aromatic heterocycles. The van der Waals surface area contributed by atoms with Crippen LogP contribution in [0.1, 0.15) is 25.8 Å². The topological polar surface area (TPSA) is 44.7 Å². The van der Waals surface area contributed by atoms with Gasteiger partial charge in [0.25, 0.3) is 0 Å². The standard InChI is InChI=1S/C17H30N2O2/c1-3-11-19(4-2)12-10-18-13-17(20)15-21-14-16-8-6-5-7-9-16/h5-9,17-18,20H,3-4,10-15H2,1-2H3. The van der Waals surface area contributed by atoms with Crippen molar-refractivity contribution in [2.24, 2.45) is 0 Å². The van der Waals surface area contributed by atoms with Gasteiger partial charge in [0.05, 0.1) is 19.3 Å². The van der Waals surface area contributed by atoms with Gasteiger partial charge in [-0.1, -0.05) is 44.2 Å². The van der Waals surface area contributed by atoms with Gasteiger partial charge in [-0.05, 0) is 25.1 Å².